The van der Waals surface area contributed by atoms with Gasteiger partial charge in [-0.1, -0.05) is 23.7 Å². The first kappa shape index (κ1) is 16.3. The smallest absolute Gasteiger partial charge is 0.250 e. The van der Waals surface area contributed by atoms with Gasteiger partial charge < -0.3 is 15.4 Å². The molecule has 2 aromatic rings. The maximum atomic E-state index is 13.8. The number of anilines is 2. The van der Waals surface area contributed by atoms with Crippen LogP contribution in [0.15, 0.2) is 42.5 Å². The van der Waals surface area contributed by atoms with E-state index in [1.54, 1.807) is 36.4 Å². The number of hydrogen-bond donors (Lipinski definition) is 2. The minimum absolute atomic E-state index is 0.00798. The lowest BCUT2D eigenvalue weighted by molar-refractivity contribution is -0.119. The van der Waals surface area contributed by atoms with Gasteiger partial charge in [-0.15, -0.1) is 0 Å². The Morgan fingerprint density at radius 2 is 1.86 bits per heavy atom. The van der Waals surface area contributed by atoms with Crippen LogP contribution < -0.4 is 10.6 Å². The summed E-state index contributed by atoms with van der Waals surface area (Å²) >= 11 is 5.74. The number of benzene rings is 2. The van der Waals surface area contributed by atoms with Crippen LogP contribution in [0.25, 0.3) is 0 Å². The predicted molar refractivity (Wildman–Crippen MR) is 85.7 cm³/mol. The molecular weight excluding hydrogens is 307 g/mol. The van der Waals surface area contributed by atoms with Crippen LogP contribution in [-0.2, 0) is 16.1 Å². The molecule has 0 unspecified atom stereocenters. The van der Waals surface area contributed by atoms with Gasteiger partial charge in [0.1, 0.15) is 12.4 Å². The average Bonchev–Trinajstić information content (AvgIpc) is 2.50. The molecule has 1 amide bonds. The number of ether oxygens (including phenoxy) is 1. The Morgan fingerprint density at radius 1 is 1.18 bits per heavy atom. The lowest BCUT2D eigenvalue weighted by Crippen LogP contribution is -2.16. The molecule has 6 heteroatoms. The SMILES string of the molecule is COCC(=O)Nc1ccc(NCc2cccc(Cl)c2F)cc1. The van der Waals surface area contributed by atoms with E-state index in [2.05, 4.69) is 10.6 Å². The normalized spacial score (nSPS) is 10.3. The fourth-order valence-electron chi connectivity index (χ4n) is 1.88. The molecule has 0 aliphatic carbocycles. The minimum atomic E-state index is -0.417. The Balaban J connectivity index is 1.94. The standard InChI is InChI=1S/C16H16ClFN2O2/c1-22-10-15(21)20-13-7-5-12(6-8-13)19-9-11-3-2-4-14(17)16(11)18/h2-8,19H,9-10H2,1H3,(H,20,21). The molecule has 0 spiro atoms. The second-order valence-electron chi connectivity index (χ2n) is 4.63. The molecule has 0 fully saturated rings. The molecule has 116 valence electrons. The molecule has 0 aliphatic heterocycles. The lowest BCUT2D eigenvalue weighted by atomic mass is 10.2. The number of hydrogen-bond acceptors (Lipinski definition) is 3. The van der Waals surface area contributed by atoms with E-state index in [0.29, 0.717) is 17.8 Å². The molecule has 2 rings (SSSR count). The van der Waals surface area contributed by atoms with Crippen LogP contribution in [0, 0.1) is 5.82 Å². The highest BCUT2D eigenvalue weighted by atomic mass is 35.5. The Kier molecular flexibility index (Phi) is 5.75. The number of carbonyl (C=O) groups is 1. The molecule has 2 N–H and O–H groups in total. The second-order valence-corrected chi connectivity index (χ2v) is 5.03. The van der Waals surface area contributed by atoms with Gasteiger partial charge in [0.15, 0.2) is 0 Å². The van der Waals surface area contributed by atoms with Gasteiger partial charge in [-0.05, 0) is 30.3 Å². The lowest BCUT2D eigenvalue weighted by Gasteiger charge is -2.09. The first-order valence-electron chi connectivity index (χ1n) is 6.66. The third-order valence-corrected chi connectivity index (χ3v) is 3.25. The van der Waals surface area contributed by atoms with Crippen molar-refractivity contribution < 1.29 is 13.9 Å². The monoisotopic (exact) mass is 322 g/mol. The van der Waals surface area contributed by atoms with Crippen LogP contribution in [0.3, 0.4) is 0 Å². The van der Waals surface area contributed by atoms with Gasteiger partial charge in [-0.2, -0.15) is 0 Å². The molecule has 0 heterocycles. The summed E-state index contributed by atoms with van der Waals surface area (Å²) in [5.41, 5.74) is 1.97. The van der Waals surface area contributed by atoms with Crippen molar-refractivity contribution in [1.82, 2.24) is 0 Å². The van der Waals surface area contributed by atoms with Gasteiger partial charge in [-0.3, -0.25) is 4.79 Å². The molecule has 0 saturated heterocycles. The summed E-state index contributed by atoms with van der Waals surface area (Å²) < 4.78 is 18.5. The van der Waals surface area contributed by atoms with Crippen molar-refractivity contribution in [1.29, 1.82) is 0 Å². The fraction of sp³-hybridized carbons (Fsp3) is 0.188. The van der Waals surface area contributed by atoms with Crippen LogP contribution in [0.5, 0.6) is 0 Å². The molecule has 2 aromatic carbocycles. The summed E-state index contributed by atoms with van der Waals surface area (Å²) in [6.45, 7) is 0.329. The predicted octanol–water partition coefficient (Wildman–Crippen LogP) is 3.68. The second kappa shape index (κ2) is 7.77. The highest BCUT2D eigenvalue weighted by Gasteiger charge is 2.06. The van der Waals surface area contributed by atoms with Crippen LogP contribution >= 0.6 is 11.6 Å². The van der Waals surface area contributed by atoms with Crippen LogP contribution in [0.4, 0.5) is 15.8 Å². The number of methoxy groups -OCH3 is 1. The Morgan fingerprint density at radius 3 is 2.55 bits per heavy atom. The van der Waals surface area contributed by atoms with Crippen molar-refractivity contribution in [2.45, 2.75) is 6.54 Å². The van der Waals surface area contributed by atoms with Gasteiger partial charge in [0, 0.05) is 30.6 Å². The minimum Gasteiger partial charge on any atom is -0.381 e. The summed E-state index contributed by atoms with van der Waals surface area (Å²) in [6, 6.07) is 12.0. The highest BCUT2D eigenvalue weighted by molar-refractivity contribution is 6.30. The Hall–Kier alpha value is -2.11. The number of nitrogens with one attached hydrogen (secondary N) is 2. The third-order valence-electron chi connectivity index (χ3n) is 2.96. The Labute approximate surface area is 133 Å². The number of halogens is 2. The van der Waals surface area contributed by atoms with Crippen molar-refractivity contribution in [2.75, 3.05) is 24.4 Å². The van der Waals surface area contributed by atoms with Gasteiger partial charge in [0.25, 0.3) is 0 Å². The molecule has 0 aliphatic rings. The maximum absolute atomic E-state index is 13.8. The van der Waals surface area contributed by atoms with Crippen molar-refractivity contribution in [3.05, 3.63) is 58.9 Å². The van der Waals surface area contributed by atoms with Gasteiger partial charge in [0.05, 0.1) is 5.02 Å². The molecule has 0 saturated carbocycles. The van der Waals surface area contributed by atoms with Crippen LogP contribution in [0.2, 0.25) is 5.02 Å². The van der Waals surface area contributed by atoms with Gasteiger partial charge in [0.2, 0.25) is 5.91 Å². The largest absolute Gasteiger partial charge is 0.381 e. The van der Waals surface area contributed by atoms with Crippen LogP contribution in [-0.4, -0.2) is 19.6 Å². The molecule has 0 bridgehead atoms. The molecular formula is C16H16ClFN2O2. The number of amides is 1. The third kappa shape index (κ3) is 4.44. The average molecular weight is 323 g/mol. The maximum Gasteiger partial charge on any atom is 0.250 e. The Bertz CT molecular complexity index is 647. The van der Waals surface area contributed by atoms with Crippen molar-refractivity contribution in [2.24, 2.45) is 0 Å². The van der Waals surface area contributed by atoms with Crippen molar-refractivity contribution in [3.63, 3.8) is 0 Å². The van der Waals surface area contributed by atoms with Crippen LogP contribution in [0.1, 0.15) is 5.56 Å². The van der Waals surface area contributed by atoms with E-state index in [1.165, 1.54) is 13.2 Å². The first-order valence-corrected chi connectivity index (χ1v) is 7.03. The van der Waals surface area contributed by atoms with E-state index in [9.17, 15) is 9.18 Å². The quantitative estimate of drug-likeness (QED) is 0.853. The molecule has 0 atom stereocenters. The molecule has 0 radical (unpaired) electrons. The van der Waals surface area contributed by atoms with E-state index in [1.807, 2.05) is 0 Å². The summed E-state index contributed by atoms with van der Waals surface area (Å²) in [5, 5.41) is 5.90. The zero-order chi connectivity index (χ0) is 15.9. The fourth-order valence-corrected chi connectivity index (χ4v) is 2.08. The number of carbonyl (C=O) groups excluding carboxylic acids is 1. The van der Waals surface area contributed by atoms with E-state index < -0.39 is 5.82 Å². The van der Waals surface area contributed by atoms with Gasteiger partial charge >= 0.3 is 0 Å². The topological polar surface area (TPSA) is 50.4 Å². The highest BCUT2D eigenvalue weighted by Crippen LogP contribution is 2.20. The van der Waals surface area contributed by atoms with Crippen molar-refractivity contribution >= 4 is 28.9 Å². The van der Waals surface area contributed by atoms with Gasteiger partial charge in [-0.25, -0.2) is 4.39 Å². The van der Waals surface area contributed by atoms with E-state index >= 15 is 0 Å². The first-order chi connectivity index (χ1) is 10.6. The zero-order valence-corrected chi connectivity index (χ0v) is 12.8. The summed E-state index contributed by atoms with van der Waals surface area (Å²) in [4.78, 5) is 11.4. The van der Waals surface area contributed by atoms with E-state index in [4.69, 9.17) is 16.3 Å². The molecule has 0 aromatic heterocycles. The van der Waals surface area contributed by atoms with E-state index in [-0.39, 0.29) is 17.5 Å². The molecule has 4 nitrogen and oxygen atoms in total. The summed E-state index contributed by atoms with van der Waals surface area (Å²) in [5.74, 6) is -0.635. The summed E-state index contributed by atoms with van der Waals surface area (Å²) in [6.07, 6.45) is 0. The van der Waals surface area contributed by atoms with E-state index in [0.717, 1.165) is 5.69 Å². The zero-order valence-electron chi connectivity index (χ0n) is 12.0. The molecule has 22 heavy (non-hydrogen) atoms. The van der Waals surface area contributed by atoms with Crippen molar-refractivity contribution in [3.8, 4) is 0 Å². The number of rotatable bonds is 6. The summed E-state index contributed by atoms with van der Waals surface area (Å²) in [7, 11) is 1.46.